The SMILES string of the molecule is CCC1CCC2C(CCC3(C)C(OS(=O)(=O)c4ccc(C)cc4)CCC23)C1COS(=O)(=O)c1ccc(C)cc1. The lowest BCUT2D eigenvalue weighted by atomic mass is 9.52. The molecule has 3 aliphatic carbocycles. The minimum absolute atomic E-state index is 0.176. The first-order chi connectivity index (χ1) is 18.4. The maximum atomic E-state index is 13.2. The molecule has 2 aromatic rings. The Morgan fingerprint density at radius 2 is 1.36 bits per heavy atom. The number of benzene rings is 2. The van der Waals surface area contributed by atoms with Crippen molar-refractivity contribution in [2.24, 2.45) is 35.0 Å². The predicted octanol–water partition coefficient (Wildman–Crippen LogP) is 6.66. The van der Waals surface area contributed by atoms with Crippen LogP contribution in [0, 0.1) is 48.9 Å². The van der Waals surface area contributed by atoms with Gasteiger partial charge in [-0.1, -0.05) is 55.7 Å². The van der Waals surface area contributed by atoms with Crippen molar-refractivity contribution in [3.8, 4) is 0 Å². The van der Waals surface area contributed by atoms with E-state index >= 15 is 0 Å². The first-order valence-corrected chi connectivity index (χ1v) is 17.2. The Kier molecular flexibility index (Phi) is 8.06. The minimum Gasteiger partial charge on any atom is -0.266 e. The van der Waals surface area contributed by atoms with Gasteiger partial charge in [-0.3, -0.25) is 8.37 Å². The average Bonchev–Trinajstić information content (AvgIpc) is 3.23. The van der Waals surface area contributed by atoms with Crippen LogP contribution >= 0.6 is 0 Å². The number of rotatable bonds is 8. The van der Waals surface area contributed by atoms with Gasteiger partial charge < -0.3 is 0 Å². The zero-order chi connectivity index (χ0) is 28.0. The molecule has 0 N–H and O–H groups in total. The fourth-order valence-electron chi connectivity index (χ4n) is 7.96. The molecule has 3 saturated carbocycles. The van der Waals surface area contributed by atoms with Crippen LogP contribution in [-0.4, -0.2) is 29.5 Å². The second kappa shape index (κ2) is 10.9. The second-order valence-corrected chi connectivity index (χ2v) is 15.6. The Balaban J connectivity index is 1.31. The van der Waals surface area contributed by atoms with Gasteiger partial charge in [-0.05, 0) is 112 Å². The molecule has 0 bridgehead atoms. The summed E-state index contributed by atoms with van der Waals surface area (Å²) in [5.74, 6) is 1.78. The highest BCUT2D eigenvalue weighted by Gasteiger charge is 2.58. The normalized spacial score (nSPS) is 32.9. The third-order valence-corrected chi connectivity index (χ3v) is 12.9. The van der Waals surface area contributed by atoms with Gasteiger partial charge in [-0.2, -0.15) is 16.8 Å². The first-order valence-electron chi connectivity index (χ1n) is 14.4. The van der Waals surface area contributed by atoms with E-state index in [1.54, 1.807) is 48.5 Å². The fourth-order valence-corrected chi connectivity index (χ4v) is 10.1. The molecule has 2 aromatic carbocycles. The van der Waals surface area contributed by atoms with Crippen molar-refractivity contribution >= 4 is 20.2 Å². The summed E-state index contributed by atoms with van der Waals surface area (Å²) in [7, 11) is -7.66. The summed E-state index contributed by atoms with van der Waals surface area (Å²) in [6, 6.07) is 13.7. The number of hydrogen-bond acceptors (Lipinski definition) is 6. The summed E-state index contributed by atoms with van der Waals surface area (Å²) in [5.41, 5.74) is 1.80. The van der Waals surface area contributed by atoms with Gasteiger partial charge >= 0.3 is 0 Å². The molecule has 39 heavy (non-hydrogen) atoms. The lowest BCUT2D eigenvalue weighted by Crippen LogP contribution is -2.50. The molecule has 3 aliphatic rings. The monoisotopic (exact) mass is 574 g/mol. The zero-order valence-electron chi connectivity index (χ0n) is 23.5. The van der Waals surface area contributed by atoms with Gasteiger partial charge in [-0.15, -0.1) is 0 Å². The molecule has 7 unspecified atom stereocenters. The fraction of sp³-hybridized carbons (Fsp3) is 0.613. The minimum atomic E-state index is -3.84. The molecule has 7 atom stereocenters. The van der Waals surface area contributed by atoms with Crippen LogP contribution in [0.2, 0.25) is 0 Å². The third-order valence-electron chi connectivity index (χ3n) is 10.2. The molecular formula is C31H42O6S2. The Bertz CT molecular complexity index is 1370. The Hall–Kier alpha value is -1.74. The summed E-state index contributed by atoms with van der Waals surface area (Å²) in [6.45, 7) is 8.48. The summed E-state index contributed by atoms with van der Waals surface area (Å²) in [4.78, 5) is 0.416. The van der Waals surface area contributed by atoms with Gasteiger partial charge in [0.2, 0.25) is 0 Å². The van der Waals surface area contributed by atoms with E-state index in [-0.39, 0.29) is 33.8 Å². The largest absolute Gasteiger partial charge is 0.297 e. The maximum Gasteiger partial charge on any atom is 0.297 e. The molecule has 0 radical (unpaired) electrons. The summed E-state index contributed by atoms with van der Waals surface area (Å²) in [6.07, 6.45) is 6.31. The molecule has 0 aliphatic heterocycles. The zero-order valence-corrected chi connectivity index (χ0v) is 25.1. The van der Waals surface area contributed by atoms with Crippen LogP contribution in [0.1, 0.15) is 69.9 Å². The van der Waals surface area contributed by atoms with Crippen molar-refractivity contribution in [1.82, 2.24) is 0 Å². The van der Waals surface area contributed by atoms with Gasteiger partial charge in [-0.25, -0.2) is 0 Å². The van der Waals surface area contributed by atoms with Gasteiger partial charge in [0.05, 0.1) is 22.5 Å². The van der Waals surface area contributed by atoms with Crippen molar-refractivity contribution < 1.29 is 25.2 Å². The Labute approximate surface area is 234 Å². The van der Waals surface area contributed by atoms with E-state index in [1.165, 1.54) is 0 Å². The summed E-state index contributed by atoms with van der Waals surface area (Å²) in [5, 5.41) is 0. The summed E-state index contributed by atoms with van der Waals surface area (Å²) >= 11 is 0. The molecule has 0 amide bonds. The van der Waals surface area contributed by atoms with Gasteiger partial charge in [0.25, 0.3) is 20.2 Å². The topological polar surface area (TPSA) is 86.7 Å². The van der Waals surface area contributed by atoms with Crippen LogP contribution in [0.15, 0.2) is 58.3 Å². The first kappa shape index (κ1) is 28.8. The molecule has 214 valence electrons. The van der Waals surface area contributed by atoms with Crippen LogP contribution in [0.5, 0.6) is 0 Å². The number of hydrogen-bond donors (Lipinski definition) is 0. The smallest absolute Gasteiger partial charge is 0.266 e. The lowest BCUT2D eigenvalue weighted by Gasteiger charge is -2.54. The van der Waals surface area contributed by atoms with Crippen LogP contribution < -0.4 is 0 Å². The molecule has 8 heteroatoms. The highest BCUT2D eigenvalue weighted by molar-refractivity contribution is 7.87. The van der Waals surface area contributed by atoms with Gasteiger partial charge in [0.15, 0.2) is 0 Å². The quantitative estimate of drug-likeness (QED) is 0.328. The van der Waals surface area contributed by atoms with Crippen molar-refractivity contribution in [3.05, 3.63) is 59.7 Å². The molecule has 0 spiro atoms. The van der Waals surface area contributed by atoms with Crippen LogP contribution in [0.3, 0.4) is 0 Å². The second-order valence-electron chi connectivity index (χ2n) is 12.4. The Morgan fingerprint density at radius 1 is 0.769 bits per heavy atom. The average molecular weight is 575 g/mol. The number of fused-ring (bicyclic) bond motifs is 3. The standard InChI is InChI=1S/C31H42O6S2/c1-5-23-10-15-27-26(28(23)20-36-38(32,33)24-11-6-21(2)7-12-24)18-19-31(4)29(27)16-17-30(31)37-39(34,35)25-13-8-22(3)9-14-25/h6-9,11-14,23,26-30H,5,10,15-20H2,1-4H3. The predicted molar refractivity (Wildman–Crippen MR) is 151 cm³/mol. The van der Waals surface area contributed by atoms with Crippen LogP contribution in [0.25, 0.3) is 0 Å². The van der Waals surface area contributed by atoms with E-state index in [1.807, 2.05) is 13.8 Å². The molecule has 6 nitrogen and oxygen atoms in total. The molecule has 0 aromatic heterocycles. The van der Waals surface area contributed by atoms with Crippen molar-refractivity contribution in [2.45, 2.75) is 88.5 Å². The third kappa shape index (κ3) is 5.59. The van der Waals surface area contributed by atoms with Crippen LogP contribution in [-0.2, 0) is 28.6 Å². The van der Waals surface area contributed by atoms with E-state index in [0.29, 0.717) is 23.7 Å². The van der Waals surface area contributed by atoms with Gasteiger partial charge in [0, 0.05) is 0 Å². The van der Waals surface area contributed by atoms with E-state index in [9.17, 15) is 16.8 Å². The van der Waals surface area contributed by atoms with Crippen molar-refractivity contribution in [2.75, 3.05) is 6.61 Å². The molecule has 0 saturated heterocycles. The van der Waals surface area contributed by atoms with E-state index in [4.69, 9.17) is 8.37 Å². The number of aryl methyl sites for hydroxylation is 2. The van der Waals surface area contributed by atoms with E-state index in [2.05, 4.69) is 13.8 Å². The summed E-state index contributed by atoms with van der Waals surface area (Å²) < 4.78 is 64.0. The molecule has 5 rings (SSSR count). The van der Waals surface area contributed by atoms with Crippen molar-refractivity contribution in [3.63, 3.8) is 0 Å². The Morgan fingerprint density at radius 3 is 1.95 bits per heavy atom. The lowest BCUT2D eigenvalue weighted by molar-refractivity contribution is -0.0747. The highest BCUT2D eigenvalue weighted by atomic mass is 32.2. The van der Waals surface area contributed by atoms with E-state index in [0.717, 1.165) is 56.1 Å². The molecular weight excluding hydrogens is 532 g/mol. The van der Waals surface area contributed by atoms with Gasteiger partial charge in [0.1, 0.15) is 0 Å². The van der Waals surface area contributed by atoms with E-state index < -0.39 is 20.2 Å². The highest BCUT2D eigenvalue weighted by Crippen LogP contribution is 2.62. The van der Waals surface area contributed by atoms with Crippen LogP contribution in [0.4, 0.5) is 0 Å². The molecule has 0 heterocycles. The van der Waals surface area contributed by atoms with Crippen molar-refractivity contribution in [1.29, 1.82) is 0 Å². The molecule has 3 fully saturated rings. The maximum absolute atomic E-state index is 13.2.